The van der Waals surface area contributed by atoms with Crippen LogP contribution in [0, 0.1) is 21.4 Å². The highest BCUT2D eigenvalue weighted by Gasteiger charge is 2.23. The van der Waals surface area contributed by atoms with Crippen LogP contribution < -0.4 is 0 Å². The Kier molecular flexibility index (Phi) is 9.40. The number of hydrogen-bond acceptors (Lipinski definition) is 9. The number of nitrogens with zero attached hydrogens (tertiary/aromatic N) is 7. The van der Waals surface area contributed by atoms with E-state index in [9.17, 15) is 15.4 Å². The molecule has 0 aliphatic carbocycles. The summed E-state index contributed by atoms with van der Waals surface area (Å²) in [7, 11) is 0. The van der Waals surface area contributed by atoms with Crippen LogP contribution in [-0.4, -0.2) is 43.1 Å². The number of piperidine rings is 1. The maximum Gasteiger partial charge on any atom is 0.269 e. The zero-order chi connectivity index (χ0) is 31.2. The fourth-order valence-corrected chi connectivity index (χ4v) is 5.76. The molecule has 1 fully saturated rings. The van der Waals surface area contributed by atoms with Crippen molar-refractivity contribution in [1.29, 1.82) is 5.26 Å². The fourth-order valence-electron chi connectivity index (χ4n) is 5.50. The second kappa shape index (κ2) is 13.9. The fraction of sp³-hybridized carbons (Fsp3) is 0.273. The molecule has 0 N–H and O–H groups in total. The largest absolute Gasteiger partial charge is 0.365 e. The third-order valence-corrected chi connectivity index (χ3v) is 8.48. The summed E-state index contributed by atoms with van der Waals surface area (Å²) in [6.07, 6.45) is 4.13. The van der Waals surface area contributed by atoms with Gasteiger partial charge >= 0.3 is 0 Å². The van der Waals surface area contributed by atoms with Crippen LogP contribution in [0.15, 0.2) is 94.1 Å². The number of nitro groups is 1. The van der Waals surface area contributed by atoms with Crippen molar-refractivity contribution < 1.29 is 14.2 Å². The molecule has 1 aliphatic heterocycles. The van der Waals surface area contributed by atoms with Crippen molar-refractivity contribution in [1.82, 2.24) is 25.1 Å². The van der Waals surface area contributed by atoms with Crippen molar-refractivity contribution in [2.45, 2.75) is 44.6 Å². The van der Waals surface area contributed by atoms with E-state index < -0.39 is 0 Å². The van der Waals surface area contributed by atoms with Gasteiger partial charge < -0.3 is 9.26 Å². The molecule has 0 amide bonds. The second-order valence-electron chi connectivity index (χ2n) is 11.0. The monoisotopic (exact) mass is 667 g/mol. The van der Waals surface area contributed by atoms with Gasteiger partial charge in [-0.25, -0.2) is 4.68 Å². The molecule has 6 rings (SSSR count). The van der Waals surface area contributed by atoms with Gasteiger partial charge in [0.25, 0.3) is 5.69 Å². The lowest BCUT2D eigenvalue weighted by molar-refractivity contribution is -0.384. The van der Waals surface area contributed by atoms with E-state index in [2.05, 4.69) is 42.4 Å². The van der Waals surface area contributed by atoms with Gasteiger partial charge in [-0.15, -0.1) is 5.10 Å². The number of ether oxygens (including phenoxy) is 1. The molecular formula is C33H30BrN7O4. The Morgan fingerprint density at radius 2 is 1.87 bits per heavy atom. The van der Waals surface area contributed by atoms with Crippen LogP contribution in [0.2, 0.25) is 0 Å². The standard InChI is InChI=1S/C33H30BrN7O4/c34-27-8-6-25(7-9-27)33(44-22-31-18-32(37-45-31)26-3-1-2-24(16-26)19-35)17-28-21-40(38-36-28)29-12-14-39(15-13-29)20-23-4-10-30(11-5-23)41(42)43/h1-11,16,18,21,29,33H,12-15,17,20,22H2. The molecule has 228 valence electrons. The Hall–Kier alpha value is -4.70. The van der Waals surface area contributed by atoms with E-state index in [1.807, 2.05) is 65.5 Å². The normalized spacial score (nSPS) is 14.7. The molecule has 0 spiro atoms. The molecule has 1 unspecified atom stereocenters. The van der Waals surface area contributed by atoms with Crippen molar-refractivity contribution in [3.63, 3.8) is 0 Å². The summed E-state index contributed by atoms with van der Waals surface area (Å²) in [5.41, 5.74) is 5.03. The van der Waals surface area contributed by atoms with Gasteiger partial charge in [0.05, 0.1) is 34.4 Å². The van der Waals surface area contributed by atoms with Crippen molar-refractivity contribution in [3.05, 3.63) is 128 Å². The molecule has 12 heteroatoms. The molecule has 0 saturated carbocycles. The van der Waals surface area contributed by atoms with E-state index in [1.54, 1.807) is 24.3 Å². The highest BCUT2D eigenvalue weighted by molar-refractivity contribution is 9.10. The van der Waals surface area contributed by atoms with E-state index in [-0.39, 0.29) is 29.4 Å². The van der Waals surface area contributed by atoms with Gasteiger partial charge in [0.1, 0.15) is 12.3 Å². The van der Waals surface area contributed by atoms with Crippen molar-refractivity contribution in [2.75, 3.05) is 13.1 Å². The Balaban J connectivity index is 1.07. The van der Waals surface area contributed by atoms with E-state index >= 15 is 0 Å². The lowest BCUT2D eigenvalue weighted by Crippen LogP contribution is -2.34. The third-order valence-electron chi connectivity index (χ3n) is 7.95. The summed E-state index contributed by atoms with van der Waals surface area (Å²) in [6, 6.07) is 26.3. The minimum atomic E-state index is -0.375. The summed E-state index contributed by atoms with van der Waals surface area (Å²) in [4.78, 5) is 12.9. The van der Waals surface area contributed by atoms with E-state index in [1.165, 1.54) is 0 Å². The van der Waals surface area contributed by atoms with E-state index in [0.717, 1.165) is 59.3 Å². The highest BCUT2D eigenvalue weighted by Crippen LogP contribution is 2.28. The van der Waals surface area contributed by atoms with Crippen molar-refractivity contribution in [3.8, 4) is 17.3 Å². The molecule has 0 bridgehead atoms. The Morgan fingerprint density at radius 1 is 1.09 bits per heavy atom. The smallest absolute Gasteiger partial charge is 0.269 e. The SMILES string of the molecule is N#Cc1cccc(-c2cc(COC(Cc3cn(C4CCN(Cc5ccc([N+](=O)[O-])cc5)CC4)nn3)c3ccc(Br)cc3)on2)c1. The van der Waals surface area contributed by atoms with Crippen LogP contribution in [0.4, 0.5) is 5.69 Å². The summed E-state index contributed by atoms with van der Waals surface area (Å²) < 4.78 is 14.9. The third kappa shape index (κ3) is 7.69. The summed E-state index contributed by atoms with van der Waals surface area (Å²) in [5, 5.41) is 33.3. The van der Waals surface area contributed by atoms with E-state index in [4.69, 9.17) is 9.26 Å². The van der Waals surface area contributed by atoms with E-state index in [0.29, 0.717) is 23.4 Å². The average Bonchev–Trinajstić information content (AvgIpc) is 3.74. The van der Waals surface area contributed by atoms with Gasteiger partial charge in [-0.2, -0.15) is 5.26 Å². The number of benzene rings is 3. The average molecular weight is 669 g/mol. The molecule has 45 heavy (non-hydrogen) atoms. The Bertz CT molecular complexity index is 1790. The van der Waals surface area contributed by atoms with Crippen LogP contribution in [0.25, 0.3) is 11.3 Å². The topological polar surface area (TPSA) is 136 Å². The molecule has 11 nitrogen and oxygen atoms in total. The summed E-state index contributed by atoms with van der Waals surface area (Å²) in [6.45, 7) is 2.79. The van der Waals surface area contributed by atoms with Gasteiger partial charge in [0, 0.05) is 60.5 Å². The minimum Gasteiger partial charge on any atom is -0.365 e. The quantitative estimate of drug-likeness (QED) is 0.110. The molecule has 3 heterocycles. The Labute approximate surface area is 268 Å². The molecule has 1 saturated heterocycles. The van der Waals surface area contributed by atoms with Crippen LogP contribution in [0.5, 0.6) is 0 Å². The lowest BCUT2D eigenvalue weighted by Gasteiger charge is -2.31. The number of nitro benzene ring substituents is 1. The van der Waals surface area contributed by atoms with Gasteiger partial charge in [-0.05, 0) is 48.2 Å². The number of halogens is 1. The van der Waals surface area contributed by atoms with Crippen molar-refractivity contribution >= 4 is 21.6 Å². The highest BCUT2D eigenvalue weighted by atomic mass is 79.9. The zero-order valence-electron chi connectivity index (χ0n) is 24.3. The van der Waals surface area contributed by atoms with Gasteiger partial charge in [-0.3, -0.25) is 15.0 Å². The van der Waals surface area contributed by atoms with Crippen LogP contribution in [-0.2, 0) is 24.3 Å². The summed E-state index contributed by atoms with van der Waals surface area (Å²) in [5.74, 6) is 0.582. The van der Waals surface area contributed by atoms with Crippen LogP contribution in [0.3, 0.4) is 0 Å². The lowest BCUT2D eigenvalue weighted by atomic mass is 10.0. The first-order valence-electron chi connectivity index (χ1n) is 14.6. The van der Waals surface area contributed by atoms with Gasteiger partial charge in [0.2, 0.25) is 0 Å². The summed E-state index contributed by atoms with van der Waals surface area (Å²) >= 11 is 3.51. The predicted octanol–water partition coefficient (Wildman–Crippen LogP) is 6.81. The predicted molar refractivity (Wildman–Crippen MR) is 169 cm³/mol. The molecule has 3 aromatic carbocycles. The first-order valence-corrected chi connectivity index (χ1v) is 15.4. The molecule has 1 aliphatic rings. The first-order chi connectivity index (χ1) is 21.9. The number of rotatable bonds is 11. The Morgan fingerprint density at radius 3 is 2.60 bits per heavy atom. The number of likely N-dealkylation sites (tertiary alicyclic amines) is 1. The second-order valence-corrected chi connectivity index (χ2v) is 12.0. The maximum absolute atomic E-state index is 10.9. The molecular weight excluding hydrogens is 638 g/mol. The van der Waals surface area contributed by atoms with Crippen molar-refractivity contribution in [2.24, 2.45) is 0 Å². The molecule has 2 aromatic heterocycles. The zero-order valence-corrected chi connectivity index (χ0v) is 25.9. The van der Waals surface area contributed by atoms with Gasteiger partial charge in [-0.1, -0.05) is 62.7 Å². The number of aromatic nitrogens is 4. The van der Waals surface area contributed by atoms with Crippen LogP contribution >= 0.6 is 15.9 Å². The molecule has 1 atom stereocenters. The number of nitriles is 1. The minimum absolute atomic E-state index is 0.110. The number of non-ortho nitro benzene ring substituents is 1. The molecule has 0 radical (unpaired) electrons. The number of hydrogen-bond donors (Lipinski definition) is 0. The molecule has 5 aromatic rings. The first kappa shape index (κ1) is 30.3. The van der Waals surface area contributed by atoms with Gasteiger partial charge in [0.15, 0.2) is 5.76 Å². The maximum atomic E-state index is 10.9. The van der Waals surface area contributed by atoms with Crippen LogP contribution in [0.1, 0.15) is 53.1 Å².